The molecule has 1 atom stereocenters. The number of rotatable bonds is 5. The summed E-state index contributed by atoms with van der Waals surface area (Å²) in [6.07, 6.45) is 0. The maximum absolute atomic E-state index is 13.1. The number of hydrogen-bond donors (Lipinski definition) is 2. The fourth-order valence-corrected chi connectivity index (χ4v) is 4.92. The third-order valence-electron chi connectivity index (χ3n) is 6.81. The molecule has 1 aliphatic heterocycles. The smallest absolute Gasteiger partial charge is 0.241 e. The maximum atomic E-state index is 13.1. The fourth-order valence-electron chi connectivity index (χ4n) is 4.92. The number of carbonyl (C=O) groups is 1. The number of amides is 1. The normalized spacial score (nSPS) is 15.8. The molecule has 0 bridgehead atoms. The second-order valence-electron chi connectivity index (χ2n) is 8.70. The number of nitrogens with one attached hydrogen (secondary N) is 1. The molecule has 1 fully saturated rings. The zero-order valence-corrected chi connectivity index (χ0v) is 19.2. The molecule has 33 heavy (non-hydrogen) atoms. The van der Waals surface area contributed by atoms with Gasteiger partial charge in [0.25, 0.3) is 0 Å². The van der Waals surface area contributed by atoms with Gasteiger partial charge in [0.2, 0.25) is 5.91 Å². The van der Waals surface area contributed by atoms with Crippen molar-refractivity contribution in [3.8, 4) is 5.75 Å². The van der Waals surface area contributed by atoms with Crippen molar-refractivity contribution >= 4 is 39.1 Å². The Morgan fingerprint density at radius 3 is 2.36 bits per heavy atom. The number of anilines is 2. The van der Waals surface area contributed by atoms with E-state index >= 15 is 0 Å². The molecule has 1 saturated heterocycles. The summed E-state index contributed by atoms with van der Waals surface area (Å²) < 4.78 is 2.31. The monoisotopic (exact) mass is 442 g/mol. The van der Waals surface area contributed by atoms with E-state index in [4.69, 9.17) is 0 Å². The number of nitrogens with zero attached hydrogens (tertiary/aromatic N) is 3. The van der Waals surface area contributed by atoms with Crippen LogP contribution in [0.4, 0.5) is 11.4 Å². The maximum Gasteiger partial charge on any atom is 0.241 e. The Morgan fingerprint density at radius 2 is 1.64 bits per heavy atom. The van der Waals surface area contributed by atoms with Crippen molar-refractivity contribution in [1.82, 2.24) is 9.47 Å². The molecule has 3 aromatic carbocycles. The molecule has 0 radical (unpaired) electrons. The van der Waals surface area contributed by atoms with E-state index in [0.29, 0.717) is 0 Å². The number of aromatic nitrogens is 1. The lowest BCUT2D eigenvalue weighted by molar-refractivity contribution is -0.120. The first-order valence-electron chi connectivity index (χ1n) is 11.6. The van der Waals surface area contributed by atoms with Crippen LogP contribution in [0.3, 0.4) is 0 Å². The van der Waals surface area contributed by atoms with E-state index in [0.717, 1.165) is 44.1 Å². The van der Waals surface area contributed by atoms with Crippen molar-refractivity contribution in [2.24, 2.45) is 0 Å². The zero-order chi connectivity index (χ0) is 22.9. The number of piperazine rings is 1. The van der Waals surface area contributed by atoms with Gasteiger partial charge in [0.05, 0.1) is 6.04 Å². The van der Waals surface area contributed by atoms with Gasteiger partial charge >= 0.3 is 0 Å². The van der Waals surface area contributed by atoms with Crippen molar-refractivity contribution in [2.75, 3.05) is 36.4 Å². The average Bonchev–Trinajstić information content (AvgIpc) is 3.17. The highest BCUT2D eigenvalue weighted by molar-refractivity contribution is 6.10. The third kappa shape index (κ3) is 4.02. The lowest BCUT2D eigenvalue weighted by Gasteiger charge is -2.38. The van der Waals surface area contributed by atoms with Gasteiger partial charge in [-0.05, 0) is 62.4 Å². The number of benzene rings is 3. The first kappa shape index (κ1) is 21.3. The Morgan fingerprint density at radius 1 is 0.939 bits per heavy atom. The minimum absolute atomic E-state index is 0.0201. The van der Waals surface area contributed by atoms with Crippen LogP contribution in [0.25, 0.3) is 21.8 Å². The van der Waals surface area contributed by atoms with Crippen molar-refractivity contribution in [2.45, 2.75) is 26.4 Å². The van der Waals surface area contributed by atoms with E-state index in [1.165, 1.54) is 21.8 Å². The third-order valence-corrected chi connectivity index (χ3v) is 6.81. The molecule has 0 aliphatic carbocycles. The molecular weight excluding hydrogens is 412 g/mol. The second kappa shape index (κ2) is 8.79. The highest BCUT2D eigenvalue weighted by Crippen LogP contribution is 2.31. The molecule has 2 heterocycles. The summed E-state index contributed by atoms with van der Waals surface area (Å²) in [4.78, 5) is 17.6. The number of para-hydroxylation sites is 1. The van der Waals surface area contributed by atoms with E-state index in [9.17, 15) is 9.90 Å². The van der Waals surface area contributed by atoms with Crippen LogP contribution >= 0.6 is 0 Å². The quantitative estimate of drug-likeness (QED) is 0.472. The predicted octanol–water partition coefficient (Wildman–Crippen LogP) is 4.67. The van der Waals surface area contributed by atoms with E-state index in [1.807, 2.05) is 25.1 Å². The number of fused-ring (bicyclic) bond motifs is 3. The Bertz CT molecular complexity index is 1290. The minimum Gasteiger partial charge on any atom is -0.508 e. The average molecular weight is 443 g/mol. The number of phenolic OH excluding ortho intramolecular Hbond substituents is 1. The molecule has 1 unspecified atom stereocenters. The van der Waals surface area contributed by atoms with E-state index in [2.05, 4.69) is 63.0 Å². The second-order valence-corrected chi connectivity index (χ2v) is 8.70. The van der Waals surface area contributed by atoms with Crippen LogP contribution in [0.15, 0.2) is 66.7 Å². The molecular formula is C27H30N4O2. The number of phenols is 1. The molecule has 0 saturated carbocycles. The number of aryl methyl sites for hydroxylation is 1. The van der Waals surface area contributed by atoms with Crippen LogP contribution in [0.2, 0.25) is 0 Å². The van der Waals surface area contributed by atoms with Gasteiger partial charge in [-0.25, -0.2) is 0 Å². The van der Waals surface area contributed by atoms with Crippen LogP contribution in [-0.4, -0.2) is 52.7 Å². The van der Waals surface area contributed by atoms with Crippen molar-refractivity contribution < 1.29 is 9.90 Å². The number of carbonyl (C=O) groups excluding carboxylic acids is 1. The van der Waals surface area contributed by atoms with Crippen LogP contribution in [0.5, 0.6) is 5.75 Å². The lowest BCUT2D eigenvalue weighted by atomic mass is 10.1. The topological polar surface area (TPSA) is 60.7 Å². The van der Waals surface area contributed by atoms with Crippen LogP contribution in [0, 0.1) is 0 Å². The van der Waals surface area contributed by atoms with Crippen molar-refractivity contribution in [1.29, 1.82) is 0 Å². The molecule has 2 N–H and O–H groups in total. The summed E-state index contributed by atoms with van der Waals surface area (Å²) in [5, 5.41) is 15.0. The Labute approximate surface area is 194 Å². The molecule has 5 rings (SSSR count). The first-order valence-corrected chi connectivity index (χ1v) is 11.6. The van der Waals surface area contributed by atoms with Gasteiger partial charge in [0, 0.05) is 65.9 Å². The summed E-state index contributed by atoms with van der Waals surface area (Å²) >= 11 is 0. The summed E-state index contributed by atoms with van der Waals surface area (Å²) in [6, 6.07) is 21.7. The molecule has 4 aromatic rings. The standard InChI is InChI=1S/C27H30N4O2/c1-3-31-25-7-5-4-6-23(25)24-18-20(8-13-26(24)31)28-27(33)19(2)29-14-16-30(17-15-29)21-9-11-22(32)12-10-21/h4-13,18-19,32H,3,14-17H2,1-2H3,(H,28,33). The fraction of sp³-hybridized carbons (Fsp3) is 0.296. The largest absolute Gasteiger partial charge is 0.508 e. The van der Waals surface area contributed by atoms with Gasteiger partial charge in [-0.1, -0.05) is 18.2 Å². The van der Waals surface area contributed by atoms with Gasteiger partial charge in [0.15, 0.2) is 0 Å². The summed E-state index contributed by atoms with van der Waals surface area (Å²) in [7, 11) is 0. The number of aromatic hydroxyl groups is 1. The molecule has 170 valence electrons. The summed E-state index contributed by atoms with van der Waals surface area (Å²) in [5.41, 5.74) is 4.35. The van der Waals surface area contributed by atoms with Crippen LogP contribution in [0.1, 0.15) is 13.8 Å². The lowest BCUT2D eigenvalue weighted by Crippen LogP contribution is -2.52. The SMILES string of the molecule is CCn1c2ccccc2c2cc(NC(=O)C(C)N3CCN(c4ccc(O)cc4)CC3)ccc21. The number of hydrogen-bond acceptors (Lipinski definition) is 4. The van der Waals surface area contributed by atoms with Gasteiger partial charge in [0.1, 0.15) is 5.75 Å². The molecule has 6 heteroatoms. The Hall–Kier alpha value is -3.51. The molecule has 1 aromatic heterocycles. The highest BCUT2D eigenvalue weighted by atomic mass is 16.3. The van der Waals surface area contributed by atoms with E-state index in [-0.39, 0.29) is 17.7 Å². The van der Waals surface area contributed by atoms with Crippen molar-refractivity contribution in [3.05, 3.63) is 66.7 Å². The van der Waals surface area contributed by atoms with Crippen LogP contribution < -0.4 is 10.2 Å². The minimum atomic E-state index is -0.209. The zero-order valence-electron chi connectivity index (χ0n) is 19.2. The van der Waals surface area contributed by atoms with Gasteiger partial charge in [-0.2, -0.15) is 0 Å². The summed E-state index contributed by atoms with van der Waals surface area (Å²) in [6.45, 7) is 8.38. The molecule has 1 amide bonds. The Balaban J connectivity index is 1.27. The van der Waals surface area contributed by atoms with Gasteiger partial charge in [-0.3, -0.25) is 9.69 Å². The van der Waals surface area contributed by atoms with Gasteiger partial charge < -0.3 is 19.9 Å². The Kier molecular flexibility index (Phi) is 5.68. The van der Waals surface area contributed by atoms with Crippen LogP contribution in [-0.2, 0) is 11.3 Å². The predicted molar refractivity (Wildman–Crippen MR) is 135 cm³/mol. The first-order chi connectivity index (χ1) is 16.0. The van der Waals surface area contributed by atoms with E-state index < -0.39 is 0 Å². The van der Waals surface area contributed by atoms with Gasteiger partial charge in [-0.15, -0.1) is 0 Å². The highest BCUT2D eigenvalue weighted by Gasteiger charge is 2.26. The molecule has 1 aliphatic rings. The molecule has 0 spiro atoms. The summed E-state index contributed by atoms with van der Waals surface area (Å²) in [5.74, 6) is 0.298. The van der Waals surface area contributed by atoms with E-state index in [1.54, 1.807) is 12.1 Å². The van der Waals surface area contributed by atoms with Crippen molar-refractivity contribution in [3.63, 3.8) is 0 Å². The molecule has 6 nitrogen and oxygen atoms in total.